The second kappa shape index (κ2) is 3.75. The maximum Gasteiger partial charge on any atom is 0.309 e. The highest BCUT2D eigenvalue weighted by molar-refractivity contribution is 7.80. The van der Waals surface area contributed by atoms with Gasteiger partial charge in [0, 0.05) is 4.75 Å². The number of aliphatic carboxylic acids is 1. The van der Waals surface area contributed by atoms with Gasteiger partial charge in [0.15, 0.2) is 0 Å². The van der Waals surface area contributed by atoms with E-state index in [9.17, 15) is 13.6 Å². The molecule has 0 rings (SSSR count). The van der Waals surface area contributed by atoms with Crippen LogP contribution < -0.4 is 0 Å². The van der Waals surface area contributed by atoms with Crippen molar-refractivity contribution in [2.24, 2.45) is 5.41 Å². The summed E-state index contributed by atoms with van der Waals surface area (Å²) in [6.07, 6.45) is 0.103. The molecule has 0 radical (unpaired) electrons. The number of rotatable bonds is 4. The van der Waals surface area contributed by atoms with Crippen LogP contribution >= 0.6 is 0 Å². The highest BCUT2D eigenvalue weighted by Gasteiger charge is 2.35. The van der Waals surface area contributed by atoms with Crippen molar-refractivity contribution in [3.05, 3.63) is 0 Å². The molecule has 0 saturated heterocycles. The molecule has 0 aromatic heterocycles. The fourth-order valence-corrected chi connectivity index (χ4v) is 1.68. The quantitative estimate of drug-likeness (QED) is 0.701. The maximum atomic E-state index is 10.7. The number of hydrogen-bond acceptors (Lipinski definition) is 3. The van der Waals surface area contributed by atoms with E-state index in [1.807, 2.05) is 0 Å². The molecule has 0 aromatic rings. The molecule has 0 fully saturated rings. The molecule has 0 saturated carbocycles. The molecule has 0 aliphatic heterocycles. The molecule has 78 valence electrons. The molecular formula is C8H15O4S-. The Morgan fingerprint density at radius 2 is 1.77 bits per heavy atom. The second-order valence-electron chi connectivity index (χ2n) is 4.36. The molecule has 0 amide bonds. The molecule has 0 aliphatic carbocycles. The minimum Gasteiger partial charge on any atom is -0.772 e. The first-order chi connectivity index (χ1) is 5.59. The molecule has 0 spiro atoms. The third-order valence-corrected chi connectivity index (χ3v) is 2.94. The first kappa shape index (κ1) is 12.6. The van der Waals surface area contributed by atoms with Gasteiger partial charge in [-0.2, -0.15) is 0 Å². The Bertz CT molecular complexity index is 208. The van der Waals surface area contributed by atoms with Crippen LogP contribution in [0.2, 0.25) is 0 Å². The Balaban J connectivity index is 4.61. The van der Waals surface area contributed by atoms with E-state index in [4.69, 9.17) is 5.11 Å². The molecule has 13 heavy (non-hydrogen) atoms. The van der Waals surface area contributed by atoms with Crippen LogP contribution in [0.1, 0.15) is 34.1 Å². The van der Waals surface area contributed by atoms with Crippen molar-refractivity contribution < 1.29 is 18.7 Å². The average Bonchev–Trinajstić information content (AvgIpc) is 1.83. The largest absolute Gasteiger partial charge is 0.772 e. The standard InChI is InChI=1S/C8H16O4S/c1-7(2,6(9)10)5-8(3,4)13(11)12/h5H2,1-4H3,(H,9,10)(H,11,12)/p-1. The summed E-state index contributed by atoms with van der Waals surface area (Å²) in [5.41, 5.74) is -1.01. The van der Waals surface area contributed by atoms with Gasteiger partial charge in [-0.1, -0.05) is 0 Å². The number of carbonyl (C=O) groups is 1. The van der Waals surface area contributed by atoms with Crippen LogP contribution in [0.3, 0.4) is 0 Å². The summed E-state index contributed by atoms with van der Waals surface area (Å²) in [6, 6.07) is 0. The molecule has 4 nitrogen and oxygen atoms in total. The lowest BCUT2D eigenvalue weighted by Crippen LogP contribution is -2.37. The Morgan fingerprint density at radius 1 is 1.38 bits per heavy atom. The van der Waals surface area contributed by atoms with Gasteiger partial charge < -0.3 is 9.66 Å². The molecule has 0 aromatic carbocycles. The highest BCUT2D eigenvalue weighted by atomic mass is 32.2. The minimum atomic E-state index is -2.25. The summed E-state index contributed by atoms with van der Waals surface area (Å²) in [7, 11) is 0. The van der Waals surface area contributed by atoms with Gasteiger partial charge in [-0.15, -0.1) is 0 Å². The van der Waals surface area contributed by atoms with Crippen molar-refractivity contribution in [2.75, 3.05) is 0 Å². The number of carboxylic acids is 1. The molecule has 0 aliphatic rings. The van der Waals surface area contributed by atoms with Gasteiger partial charge in [-0.25, -0.2) is 0 Å². The monoisotopic (exact) mass is 207 g/mol. The Hall–Kier alpha value is -0.420. The lowest BCUT2D eigenvalue weighted by molar-refractivity contribution is -0.147. The Labute approximate surface area is 80.6 Å². The number of carboxylic acid groups (broad SMARTS) is 1. The van der Waals surface area contributed by atoms with Crippen LogP contribution in [0.4, 0.5) is 0 Å². The van der Waals surface area contributed by atoms with Gasteiger partial charge in [-0.3, -0.25) is 9.00 Å². The van der Waals surface area contributed by atoms with E-state index in [1.165, 1.54) is 27.7 Å². The predicted octanol–water partition coefficient (Wildman–Crippen LogP) is 1.15. The number of hydrogen-bond donors (Lipinski definition) is 1. The van der Waals surface area contributed by atoms with Crippen molar-refractivity contribution in [3.8, 4) is 0 Å². The molecule has 1 N–H and O–H groups in total. The van der Waals surface area contributed by atoms with Gasteiger partial charge in [0.25, 0.3) is 0 Å². The van der Waals surface area contributed by atoms with E-state index in [-0.39, 0.29) is 6.42 Å². The van der Waals surface area contributed by atoms with Crippen molar-refractivity contribution >= 4 is 17.0 Å². The zero-order valence-electron chi connectivity index (χ0n) is 8.29. The van der Waals surface area contributed by atoms with Crippen LogP contribution in [0.15, 0.2) is 0 Å². The van der Waals surface area contributed by atoms with E-state index in [0.29, 0.717) is 0 Å². The van der Waals surface area contributed by atoms with Gasteiger partial charge in [-0.05, 0) is 45.2 Å². The van der Waals surface area contributed by atoms with Crippen LogP contribution in [0.5, 0.6) is 0 Å². The van der Waals surface area contributed by atoms with Gasteiger partial charge in [0.2, 0.25) is 0 Å². The van der Waals surface area contributed by atoms with E-state index in [0.717, 1.165) is 0 Å². The third-order valence-electron chi connectivity index (χ3n) is 1.90. The van der Waals surface area contributed by atoms with Crippen molar-refractivity contribution in [1.29, 1.82) is 0 Å². The average molecular weight is 207 g/mol. The molecule has 1 atom stereocenters. The first-order valence-corrected chi connectivity index (χ1v) is 5.00. The van der Waals surface area contributed by atoms with Gasteiger partial charge in [0.05, 0.1) is 5.41 Å². The summed E-state index contributed by atoms with van der Waals surface area (Å²) in [5.74, 6) is -0.981. The molecule has 0 bridgehead atoms. The topological polar surface area (TPSA) is 77.4 Å². The Kier molecular flexibility index (Phi) is 3.63. The van der Waals surface area contributed by atoms with Crippen LogP contribution in [-0.4, -0.2) is 24.6 Å². The molecule has 5 heteroatoms. The summed E-state index contributed by atoms with van der Waals surface area (Å²) in [6.45, 7) is 6.06. The normalized spacial score (nSPS) is 15.5. The molecule has 0 heterocycles. The summed E-state index contributed by atoms with van der Waals surface area (Å²) < 4.78 is 20.5. The zero-order valence-corrected chi connectivity index (χ0v) is 9.10. The van der Waals surface area contributed by atoms with Crippen LogP contribution in [0, 0.1) is 5.41 Å². The minimum absolute atomic E-state index is 0.103. The van der Waals surface area contributed by atoms with Crippen LogP contribution in [-0.2, 0) is 15.9 Å². The van der Waals surface area contributed by atoms with E-state index >= 15 is 0 Å². The summed E-state index contributed by atoms with van der Waals surface area (Å²) >= 11 is -2.25. The SMILES string of the molecule is CC(C)(CC(C)(C)S(=O)[O-])C(=O)O. The van der Waals surface area contributed by atoms with Crippen LogP contribution in [0.25, 0.3) is 0 Å². The van der Waals surface area contributed by atoms with Crippen molar-refractivity contribution in [2.45, 2.75) is 38.9 Å². The summed E-state index contributed by atoms with van der Waals surface area (Å²) in [5, 5.41) is 8.79. The fourth-order valence-electron chi connectivity index (χ4n) is 1.20. The molecule has 1 unspecified atom stereocenters. The van der Waals surface area contributed by atoms with Gasteiger partial charge in [0.1, 0.15) is 0 Å². The molecular weight excluding hydrogens is 192 g/mol. The second-order valence-corrected chi connectivity index (χ2v) is 5.93. The Morgan fingerprint density at radius 3 is 2.00 bits per heavy atom. The lowest BCUT2D eigenvalue weighted by atomic mass is 9.84. The van der Waals surface area contributed by atoms with E-state index in [1.54, 1.807) is 0 Å². The lowest BCUT2D eigenvalue weighted by Gasteiger charge is -2.33. The fraction of sp³-hybridized carbons (Fsp3) is 0.875. The third kappa shape index (κ3) is 3.44. The van der Waals surface area contributed by atoms with E-state index in [2.05, 4.69) is 0 Å². The maximum absolute atomic E-state index is 10.7. The van der Waals surface area contributed by atoms with Crippen molar-refractivity contribution in [3.63, 3.8) is 0 Å². The zero-order chi connectivity index (χ0) is 10.9. The smallest absolute Gasteiger partial charge is 0.309 e. The van der Waals surface area contributed by atoms with Gasteiger partial charge >= 0.3 is 5.97 Å². The van der Waals surface area contributed by atoms with Crippen molar-refractivity contribution in [1.82, 2.24) is 0 Å². The van der Waals surface area contributed by atoms with E-state index < -0.39 is 27.2 Å². The first-order valence-electron chi connectivity index (χ1n) is 3.92. The highest BCUT2D eigenvalue weighted by Crippen LogP contribution is 2.31. The predicted molar refractivity (Wildman–Crippen MR) is 49.0 cm³/mol. The summed E-state index contributed by atoms with van der Waals surface area (Å²) in [4.78, 5) is 10.7.